The first kappa shape index (κ1) is 16.7. The molecule has 1 aromatic carbocycles. The highest BCUT2D eigenvalue weighted by Gasteiger charge is 2.34. The summed E-state index contributed by atoms with van der Waals surface area (Å²) in [6.07, 6.45) is 5.96. The predicted molar refractivity (Wildman–Crippen MR) is 92.9 cm³/mol. The molecular formula is C19H25N3O2. The Kier molecular flexibility index (Phi) is 5.00. The van der Waals surface area contributed by atoms with Crippen molar-refractivity contribution in [3.05, 3.63) is 53.3 Å². The van der Waals surface area contributed by atoms with Gasteiger partial charge >= 0.3 is 0 Å². The summed E-state index contributed by atoms with van der Waals surface area (Å²) in [7, 11) is 0. The Balaban J connectivity index is 1.73. The molecule has 0 aliphatic heterocycles. The second-order valence-electron chi connectivity index (χ2n) is 6.66. The average Bonchev–Trinajstić information content (AvgIpc) is 2.95. The normalized spacial score (nSPS) is 15.8. The highest BCUT2D eigenvalue weighted by molar-refractivity contribution is 5.95. The fraction of sp³-hybridized carbons (Fsp3) is 0.474. The maximum Gasteiger partial charge on any atom is 0.254 e. The van der Waals surface area contributed by atoms with Crippen molar-refractivity contribution >= 4 is 5.91 Å². The molecule has 1 saturated carbocycles. The molecular weight excluding hydrogens is 302 g/mol. The molecule has 1 aromatic heterocycles. The van der Waals surface area contributed by atoms with Crippen LogP contribution in [0.3, 0.4) is 0 Å². The number of benzene rings is 1. The third-order valence-electron chi connectivity index (χ3n) is 4.72. The van der Waals surface area contributed by atoms with E-state index in [1.54, 1.807) is 6.20 Å². The van der Waals surface area contributed by atoms with Crippen molar-refractivity contribution < 1.29 is 9.90 Å². The van der Waals surface area contributed by atoms with Crippen molar-refractivity contribution in [2.24, 2.45) is 0 Å². The number of rotatable bonds is 7. The lowest BCUT2D eigenvalue weighted by atomic mass is 9.80. The second-order valence-corrected chi connectivity index (χ2v) is 6.66. The summed E-state index contributed by atoms with van der Waals surface area (Å²) in [5.41, 5.74) is 2.03. The molecule has 0 saturated heterocycles. The summed E-state index contributed by atoms with van der Waals surface area (Å²) in [6, 6.07) is 10.1. The lowest BCUT2D eigenvalue weighted by Crippen LogP contribution is -2.47. The predicted octanol–water partition coefficient (Wildman–Crippen LogP) is 2.53. The Morgan fingerprint density at radius 1 is 1.33 bits per heavy atom. The van der Waals surface area contributed by atoms with Gasteiger partial charge in [0.2, 0.25) is 0 Å². The van der Waals surface area contributed by atoms with E-state index in [0.717, 1.165) is 43.4 Å². The van der Waals surface area contributed by atoms with Crippen LogP contribution in [0.4, 0.5) is 0 Å². The van der Waals surface area contributed by atoms with Gasteiger partial charge in [-0.15, -0.1) is 0 Å². The molecule has 0 unspecified atom stereocenters. The van der Waals surface area contributed by atoms with Crippen molar-refractivity contribution in [1.29, 1.82) is 0 Å². The van der Waals surface area contributed by atoms with Crippen molar-refractivity contribution in [1.82, 2.24) is 15.1 Å². The van der Waals surface area contributed by atoms with Crippen LogP contribution in [-0.4, -0.2) is 32.9 Å². The number of carbonyl (C=O) groups excluding carboxylic acids is 1. The Hall–Kier alpha value is -2.14. The van der Waals surface area contributed by atoms with Gasteiger partial charge in [0.1, 0.15) is 0 Å². The van der Waals surface area contributed by atoms with Crippen LogP contribution in [0.25, 0.3) is 0 Å². The fourth-order valence-electron chi connectivity index (χ4n) is 3.10. The number of hydrogen-bond acceptors (Lipinski definition) is 3. The van der Waals surface area contributed by atoms with E-state index in [0.29, 0.717) is 18.7 Å². The van der Waals surface area contributed by atoms with Crippen LogP contribution in [0.15, 0.2) is 36.5 Å². The van der Waals surface area contributed by atoms with Gasteiger partial charge in [-0.2, -0.15) is 5.10 Å². The molecule has 2 N–H and O–H groups in total. The van der Waals surface area contributed by atoms with E-state index in [2.05, 4.69) is 29.5 Å². The molecule has 5 heteroatoms. The summed E-state index contributed by atoms with van der Waals surface area (Å²) in [5, 5.41) is 17.4. The fourth-order valence-corrected chi connectivity index (χ4v) is 3.10. The summed E-state index contributed by atoms with van der Waals surface area (Å²) in [5.74, 6) is -0.141. The first-order valence-corrected chi connectivity index (χ1v) is 8.70. The molecule has 128 valence electrons. The van der Waals surface area contributed by atoms with Gasteiger partial charge in [-0.3, -0.25) is 9.48 Å². The van der Waals surface area contributed by atoms with Gasteiger partial charge in [-0.25, -0.2) is 0 Å². The summed E-state index contributed by atoms with van der Waals surface area (Å²) < 4.78 is 1.91. The number of aliphatic hydroxyl groups is 1. The Labute approximate surface area is 142 Å². The maximum absolute atomic E-state index is 12.5. The van der Waals surface area contributed by atoms with Gasteiger partial charge in [0.15, 0.2) is 0 Å². The summed E-state index contributed by atoms with van der Waals surface area (Å²) >= 11 is 0. The number of hydrogen-bond donors (Lipinski definition) is 2. The van der Waals surface area contributed by atoms with Crippen LogP contribution in [0, 0.1) is 0 Å². The number of nitrogens with one attached hydrogen (secondary N) is 1. The first-order chi connectivity index (χ1) is 11.6. The molecule has 1 aliphatic carbocycles. The minimum Gasteiger partial charge on any atom is -0.388 e. The average molecular weight is 327 g/mol. The zero-order valence-electron chi connectivity index (χ0n) is 14.2. The third kappa shape index (κ3) is 3.67. The highest BCUT2D eigenvalue weighted by Crippen LogP contribution is 2.30. The van der Waals surface area contributed by atoms with E-state index in [1.165, 1.54) is 0 Å². The lowest BCUT2D eigenvalue weighted by Gasteiger charge is -2.36. The number of nitrogens with zero attached hydrogens (tertiary/aromatic N) is 2. The molecule has 24 heavy (non-hydrogen) atoms. The van der Waals surface area contributed by atoms with E-state index < -0.39 is 5.60 Å². The van der Waals surface area contributed by atoms with Gasteiger partial charge in [0, 0.05) is 6.54 Å². The topological polar surface area (TPSA) is 67.2 Å². The van der Waals surface area contributed by atoms with Crippen LogP contribution in [0.1, 0.15) is 54.2 Å². The zero-order valence-corrected chi connectivity index (χ0v) is 14.2. The van der Waals surface area contributed by atoms with Crippen molar-refractivity contribution in [3.8, 4) is 0 Å². The molecule has 0 atom stereocenters. The molecule has 1 fully saturated rings. The van der Waals surface area contributed by atoms with Gasteiger partial charge in [0.05, 0.1) is 29.6 Å². The monoisotopic (exact) mass is 327 g/mol. The molecule has 5 nitrogen and oxygen atoms in total. The van der Waals surface area contributed by atoms with Gasteiger partial charge < -0.3 is 10.4 Å². The van der Waals surface area contributed by atoms with E-state index >= 15 is 0 Å². The van der Waals surface area contributed by atoms with Crippen molar-refractivity contribution in [3.63, 3.8) is 0 Å². The second kappa shape index (κ2) is 7.18. The number of amides is 1. The standard InChI is InChI=1S/C19H25N3O2/c1-2-7-17-16(18(23)20-14-19(24)10-6-11-19)12-21-22(17)13-15-8-4-3-5-9-15/h3-5,8-9,12,24H,2,6-7,10-11,13-14H2,1H3,(H,20,23). The van der Waals surface area contributed by atoms with Crippen LogP contribution in [0.2, 0.25) is 0 Å². The van der Waals surface area contributed by atoms with Gasteiger partial charge in [-0.05, 0) is 31.2 Å². The SMILES string of the molecule is CCCc1c(C(=O)NCC2(O)CCC2)cnn1Cc1ccccc1. The minimum absolute atomic E-state index is 0.141. The largest absolute Gasteiger partial charge is 0.388 e. The maximum atomic E-state index is 12.5. The molecule has 1 aliphatic rings. The lowest BCUT2D eigenvalue weighted by molar-refractivity contribution is -0.0300. The van der Waals surface area contributed by atoms with Crippen molar-refractivity contribution in [2.75, 3.05) is 6.54 Å². The van der Waals surface area contributed by atoms with E-state index in [9.17, 15) is 9.90 Å². The van der Waals surface area contributed by atoms with Gasteiger partial charge in [0.25, 0.3) is 5.91 Å². The van der Waals surface area contributed by atoms with E-state index in [4.69, 9.17) is 0 Å². The van der Waals surface area contributed by atoms with E-state index in [1.807, 2.05) is 22.9 Å². The summed E-state index contributed by atoms with van der Waals surface area (Å²) in [6.45, 7) is 3.08. The van der Waals surface area contributed by atoms with Crippen LogP contribution < -0.4 is 5.32 Å². The molecule has 0 bridgehead atoms. The quantitative estimate of drug-likeness (QED) is 0.821. The van der Waals surface area contributed by atoms with E-state index in [-0.39, 0.29) is 5.91 Å². The molecule has 2 aromatic rings. The minimum atomic E-state index is -0.708. The van der Waals surface area contributed by atoms with Gasteiger partial charge in [-0.1, -0.05) is 43.7 Å². The highest BCUT2D eigenvalue weighted by atomic mass is 16.3. The molecule has 1 heterocycles. The summed E-state index contributed by atoms with van der Waals surface area (Å²) in [4.78, 5) is 12.5. The van der Waals surface area contributed by atoms with Crippen LogP contribution in [-0.2, 0) is 13.0 Å². The molecule has 1 amide bonds. The molecule has 0 radical (unpaired) electrons. The van der Waals surface area contributed by atoms with Crippen LogP contribution in [0.5, 0.6) is 0 Å². The first-order valence-electron chi connectivity index (χ1n) is 8.70. The Morgan fingerprint density at radius 3 is 2.71 bits per heavy atom. The third-order valence-corrected chi connectivity index (χ3v) is 4.72. The number of aromatic nitrogens is 2. The van der Waals surface area contributed by atoms with Crippen LogP contribution >= 0.6 is 0 Å². The number of carbonyl (C=O) groups is 1. The molecule has 0 spiro atoms. The smallest absolute Gasteiger partial charge is 0.254 e. The Bertz CT molecular complexity index is 690. The van der Waals surface area contributed by atoms with Crippen molar-refractivity contribution in [2.45, 2.75) is 51.2 Å². The Morgan fingerprint density at radius 2 is 2.08 bits per heavy atom. The molecule has 3 rings (SSSR count). The zero-order chi connectivity index (χ0) is 17.0.